The van der Waals surface area contributed by atoms with Crippen molar-refractivity contribution >= 4 is 21.5 Å². The Morgan fingerprint density at radius 1 is 0.724 bits per heavy atom. The lowest BCUT2D eigenvalue weighted by atomic mass is 9.92. The normalized spacial score (nSPS) is 18.1. The number of hydrogen-bond acceptors (Lipinski definition) is 2. The van der Waals surface area contributed by atoms with Crippen molar-refractivity contribution in [1.29, 1.82) is 0 Å². The fourth-order valence-electron chi connectivity index (χ4n) is 4.74. The van der Waals surface area contributed by atoms with Crippen LogP contribution < -0.4 is 5.43 Å². The Bertz CT molecular complexity index is 1020. The molecular weight excluding hydrogens is 352 g/mol. The lowest BCUT2D eigenvalue weighted by Gasteiger charge is -2.22. The first-order chi connectivity index (χ1) is 14.4. The van der Waals surface area contributed by atoms with Gasteiger partial charge < -0.3 is 0 Å². The van der Waals surface area contributed by atoms with E-state index >= 15 is 0 Å². The summed E-state index contributed by atoms with van der Waals surface area (Å²) in [5.41, 5.74) is 6.64. The SMILES string of the molecule is c1ccc2c(CC3CCCN(Cc4cccc5ccccc45)NC3)cccc2c1. The lowest BCUT2D eigenvalue weighted by Crippen LogP contribution is -2.38. The van der Waals surface area contributed by atoms with Gasteiger partial charge in [0.1, 0.15) is 0 Å². The van der Waals surface area contributed by atoms with Crippen LogP contribution in [0.4, 0.5) is 0 Å². The minimum atomic E-state index is 0.679. The minimum absolute atomic E-state index is 0.679. The van der Waals surface area contributed by atoms with Crippen molar-refractivity contribution in [3.8, 4) is 0 Å². The van der Waals surface area contributed by atoms with Gasteiger partial charge in [-0.1, -0.05) is 84.9 Å². The number of hydrazine groups is 1. The summed E-state index contributed by atoms with van der Waals surface area (Å²) in [4.78, 5) is 0. The van der Waals surface area contributed by atoms with Crippen LogP contribution in [0, 0.1) is 5.92 Å². The highest BCUT2D eigenvalue weighted by Crippen LogP contribution is 2.25. The number of fused-ring (bicyclic) bond motifs is 2. The molecule has 0 aromatic heterocycles. The van der Waals surface area contributed by atoms with Gasteiger partial charge in [0.2, 0.25) is 0 Å². The van der Waals surface area contributed by atoms with Gasteiger partial charge in [0.05, 0.1) is 0 Å². The molecule has 4 aromatic carbocycles. The Morgan fingerprint density at radius 3 is 2.10 bits per heavy atom. The predicted octanol–water partition coefficient (Wildman–Crippen LogP) is 5.95. The van der Waals surface area contributed by atoms with Gasteiger partial charge in [0, 0.05) is 19.6 Å². The first-order valence-electron chi connectivity index (χ1n) is 10.8. The summed E-state index contributed by atoms with van der Waals surface area (Å²) in [6, 6.07) is 30.9. The standard InChI is InChI=1S/C27H28N2/c1-3-15-26-22(9-1)11-5-13-24(26)18-21-8-7-17-29(28-19-21)20-25-14-6-12-23-10-2-4-16-27(23)25/h1-6,9-16,21,28H,7-8,17-20H2. The molecule has 0 radical (unpaired) electrons. The third kappa shape index (κ3) is 4.05. The quantitative estimate of drug-likeness (QED) is 0.470. The molecule has 0 bridgehead atoms. The van der Waals surface area contributed by atoms with E-state index in [4.69, 9.17) is 0 Å². The molecule has 0 saturated carbocycles. The molecule has 0 aliphatic carbocycles. The molecule has 1 saturated heterocycles. The maximum atomic E-state index is 3.75. The fraction of sp³-hybridized carbons (Fsp3) is 0.259. The van der Waals surface area contributed by atoms with E-state index in [9.17, 15) is 0 Å². The number of hydrogen-bond donors (Lipinski definition) is 1. The van der Waals surface area contributed by atoms with E-state index in [1.54, 1.807) is 0 Å². The van der Waals surface area contributed by atoms with Crippen LogP contribution in [0.25, 0.3) is 21.5 Å². The molecule has 1 atom stereocenters. The zero-order valence-corrected chi connectivity index (χ0v) is 16.9. The zero-order valence-electron chi connectivity index (χ0n) is 16.9. The first kappa shape index (κ1) is 18.4. The zero-order chi connectivity index (χ0) is 19.5. The van der Waals surface area contributed by atoms with Crippen molar-refractivity contribution in [2.75, 3.05) is 13.1 Å². The smallest absolute Gasteiger partial charge is 0.0387 e. The summed E-state index contributed by atoms with van der Waals surface area (Å²) in [6.45, 7) is 3.12. The third-order valence-corrected chi connectivity index (χ3v) is 6.27. The molecular formula is C27H28N2. The van der Waals surface area contributed by atoms with E-state index in [1.807, 2.05) is 0 Å². The van der Waals surface area contributed by atoms with Crippen molar-refractivity contribution in [3.05, 3.63) is 96.1 Å². The molecule has 146 valence electrons. The summed E-state index contributed by atoms with van der Waals surface area (Å²) in [6.07, 6.45) is 3.67. The van der Waals surface area contributed by atoms with Gasteiger partial charge in [-0.3, -0.25) is 5.43 Å². The second-order valence-electron chi connectivity index (χ2n) is 8.27. The maximum Gasteiger partial charge on any atom is 0.0387 e. The molecule has 1 fully saturated rings. The highest BCUT2D eigenvalue weighted by molar-refractivity contribution is 5.86. The lowest BCUT2D eigenvalue weighted by molar-refractivity contribution is 0.187. The van der Waals surface area contributed by atoms with Crippen molar-refractivity contribution in [3.63, 3.8) is 0 Å². The van der Waals surface area contributed by atoms with Crippen molar-refractivity contribution in [2.45, 2.75) is 25.8 Å². The van der Waals surface area contributed by atoms with Crippen LogP contribution >= 0.6 is 0 Å². The van der Waals surface area contributed by atoms with Crippen LogP contribution in [-0.4, -0.2) is 18.1 Å². The van der Waals surface area contributed by atoms with E-state index in [0.29, 0.717) is 5.92 Å². The molecule has 0 spiro atoms. The van der Waals surface area contributed by atoms with E-state index in [-0.39, 0.29) is 0 Å². The Hall–Kier alpha value is -2.68. The van der Waals surface area contributed by atoms with Crippen LogP contribution in [-0.2, 0) is 13.0 Å². The molecule has 29 heavy (non-hydrogen) atoms. The van der Waals surface area contributed by atoms with E-state index < -0.39 is 0 Å². The van der Waals surface area contributed by atoms with Gasteiger partial charge in [0.15, 0.2) is 0 Å². The minimum Gasteiger partial charge on any atom is -0.255 e. The van der Waals surface area contributed by atoms with Crippen LogP contribution in [0.1, 0.15) is 24.0 Å². The first-order valence-corrected chi connectivity index (χ1v) is 10.8. The van der Waals surface area contributed by atoms with Gasteiger partial charge in [-0.25, -0.2) is 5.01 Å². The van der Waals surface area contributed by atoms with Gasteiger partial charge in [-0.15, -0.1) is 0 Å². The molecule has 1 heterocycles. The molecule has 1 aliphatic heterocycles. The molecule has 1 aliphatic rings. The highest BCUT2D eigenvalue weighted by Gasteiger charge is 2.18. The van der Waals surface area contributed by atoms with Crippen molar-refractivity contribution < 1.29 is 0 Å². The number of nitrogens with zero attached hydrogens (tertiary/aromatic N) is 1. The second kappa shape index (κ2) is 8.36. The Morgan fingerprint density at radius 2 is 1.34 bits per heavy atom. The van der Waals surface area contributed by atoms with E-state index in [0.717, 1.165) is 26.1 Å². The summed E-state index contributed by atoms with van der Waals surface area (Å²) in [5, 5.41) is 7.88. The van der Waals surface area contributed by atoms with E-state index in [2.05, 4.69) is 95.4 Å². The summed E-state index contributed by atoms with van der Waals surface area (Å²) < 4.78 is 0. The topological polar surface area (TPSA) is 15.3 Å². The Labute approximate surface area is 173 Å². The van der Waals surface area contributed by atoms with Gasteiger partial charge >= 0.3 is 0 Å². The number of rotatable bonds is 4. The van der Waals surface area contributed by atoms with E-state index in [1.165, 1.54) is 45.5 Å². The van der Waals surface area contributed by atoms with Gasteiger partial charge in [0.25, 0.3) is 0 Å². The molecule has 5 rings (SSSR count). The summed E-state index contributed by atoms with van der Waals surface area (Å²) in [7, 11) is 0. The fourth-order valence-corrected chi connectivity index (χ4v) is 4.74. The Kier molecular flexibility index (Phi) is 5.29. The van der Waals surface area contributed by atoms with Crippen LogP contribution in [0.2, 0.25) is 0 Å². The van der Waals surface area contributed by atoms with Gasteiger partial charge in [-0.05, 0) is 57.9 Å². The molecule has 0 amide bonds. The van der Waals surface area contributed by atoms with Crippen LogP contribution in [0.15, 0.2) is 84.9 Å². The molecule has 2 heteroatoms. The molecule has 1 N–H and O–H groups in total. The van der Waals surface area contributed by atoms with Gasteiger partial charge in [-0.2, -0.15) is 0 Å². The van der Waals surface area contributed by atoms with Crippen LogP contribution in [0.3, 0.4) is 0 Å². The summed E-state index contributed by atoms with van der Waals surface area (Å²) in [5.74, 6) is 0.679. The second-order valence-corrected chi connectivity index (χ2v) is 8.27. The third-order valence-electron chi connectivity index (χ3n) is 6.27. The van der Waals surface area contributed by atoms with Crippen molar-refractivity contribution in [2.24, 2.45) is 5.92 Å². The average Bonchev–Trinajstić information content (AvgIpc) is 2.99. The summed E-state index contributed by atoms with van der Waals surface area (Å²) >= 11 is 0. The largest absolute Gasteiger partial charge is 0.255 e. The highest BCUT2D eigenvalue weighted by atomic mass is 15.5. The Balaban J connectivity index is 1.28. The van der Waals surface area contributed by atoms with Crippen molar-refractivity contribution in [1.82, 2.24) is 10.4 Å². The molecule has 2 nitrogen and oxygen atoms in total. The number of benzene rings is 4. The van der Waals surface area contributed by atoms with Crippen LogP contribution in [0.5, 0.6) is 0 Å². The monoisotopic (exact) mass is 380 g/mol. The maximum absolute atomic E-state index is 3.75. The predicted molar refractivity (Wildman–Crippen MR) is 123 cm³/mol. The number of nitrogens with one attached hydrogen (secondary N) is 1. The average molecular weight is 381 g/mol. The molecule has 4 aromatic rings. The molecule has 1 unspecified atom stereocenters.